The van der Waals surface area contributed by atoms with E-state index >= 15 is 0 Å². The molecule has 74 valence electrons. The Morgan fingerprint density at radius 3 is 3.00 bits per heavy atom. The van der Waals surface area contributed by atoms with Gasteiger partial charge in [-0.15, -0.1) is 11.3 Å². The topological polar surface area (TPSA) is 33.4 Å². The molecule has 0 saturated carbocycles. The highest BCUT2D eigenvalue weighted by Crippen LogP contribution is 2.27. The molecule has 0 fully saturated rings. The van der Waals surface area contributed by atoms with E-state index in [2.05, 4.69) is 0 Å². The van der Waals surface area contributed by atoms with Crippen LogP contribution in [0.15, 0.2) is 34.5 Å². The molecule has 14 heavy (non-hydrogen) atoms. The van der Waals surface area contributed by atoms with Gasteiger partial charge in [0.2, 0.25) is 0 Å². The van der Waals surface area contributed by atoms with Gasteiger partial charge in [0, 0.05) is 16.7 Å². The maximum atomic E-state index is 9.82. The first-order valence-electron chi connectivity index (χ1n) is 4.19. The van der Waals surface area contributed by atoms with Gasteiger partial charge >= 0.3 is 0 Å². The van der Waals surface area contributed by atoms with E-state index in [1.165, 1.54) is 11.3 Å². The smallest absolute Gasteiger partial charge is 0.0935 e. The molecule has 0 aliphatic rings. The molecule has 0 saturated heterocycles. The summed E-state index contributed by atoms with van der Waals surface area (Å²) in [5.74, 6) is 0. The second kappa shape index (κ2) is 4.17. The lowest BCUT2D eigenvalue weighted by atomic mass is 10.1. The number of thiophene rings is 1. The van der Waals surface area contributed by atoms with Crippen molar-refractivity contribution in [1.82, 2.24) is 0 Å². The maximum absolute atomic E-state index is 9.82. The normalized spacial score (nSPS) is 13.0. The standard InChI is InChI=1S/C10H9ClO2S/c11-8-4-10(14-6-8)9(12)3-7-1-2-13-5-7/h1-2,4-6,9,12H,3H2. The van der Waals surface area contributed by atoms with E-state index < -0.39 is 6.10 Å². The summed E-state index contributed by atoms with van der Waals surface area (Å²) in [5.41, 5.74) is 0.988. The molecule has 0 aliphatic carbocycles. The lowest BCUT2D eigenvalue weighted by Gasteiger charge is -2.05. The minimum atomic E-state index is -0.495. The summed E-state index contributed by atoms with van der Waals surface area (Å²) in [6.07, 6.45) is 3.31. The van der Waals surface area contributed by atoms with Crippen LogP contribution in [0, 0.1) is 0 Å². The summed E-state index contributed by atoms with van der Waals surface area (Å²) in [5, 5.41) is 12.3. The lowest BCUT2D eigenvalue weighted by molar-refractivity contribution is 0.182. The van der Waals surface area contributed by atoms with E-state index in [0.29, 0.717) is 11.4 Å². The molecular formula is C10H9ClO2S. The Morgan fingerprint density at radius 2 is 2.43 bits per heavy atom. The van der Waals surface area contributed by atoms with Gasteiger partial charge in [0.25, 0.3) is 0 Å². The van der Waals surface area contributed by atoms with Crippen LogP contribution in [0.1, 0.15) is 16.5 Å². The highest BCUT2D eigenvalue weighted by Gasteiger charge is 2.11. The first kappa shape index (κ1) is 9.77. The molecule has 2 aromatic rings. The van der Waals surface area contributed by atoms with Crippen LogP contribution >= 0.6 is 22.9 Å². The first-order chi connectivity index (χ1) is 6.75. The maximum Gasteiger partial charge on any atom is 0.0935 e. The molecule has 1 unspecified atom stereocenters. The monoisotopic (exact) mass is 228 g/mol. The fourth-order valence-corrected chi connectivity index (χ4v) is 2.30. The van der Waals surface area contributed by atoms with Crippen LogP contribution in [0.2, 0.25) is 5.02 Å². The molecule has 0 radical (unpaired) electrons. The average molecular weight is 229 g/mol. The molecule has 0 spiro atoms. The summed E-state index contributed by atoms with van der Waals surface area (Å²) >= 11 is 7.23. The van der Waals surface area contributed by atoms with Crippen LogP contribution in [-0.4, -0.2) is 5.11 Å². The van der Waals surface area contributed by atoms with E-state index in [-0.39, 0.29) is 0 Å². The Balaban J connectivity index is 2.06. The molecule has 2 nitrogen and oxygen atoms in total. The van der Waals surface area contributed by atoms with Gasteiger partial charge in [0.1, 0.15) is 0 Å². The number of aliphatic hydroxyl groups is 1. The van der Waals surface area contributed by atoms with Crippen molar-refractivity contribution in [3.05, 3.63) is 45.5 Å². The van der Waals surface area contributed by atoms with E-state index in [4.69, 9.17) is 16.0 Å². The Morgan fingerprint density at radius 1 is 1.57 bits per heavy atom. The van der Waals surface area contributed by atoms with Gasteiger partial charge < -0.3 is 9.52 Å². The number of aliphatic hydroxyl groups excluding tert-OH is 1. The molecule has 0 aliphatic heterocycles. The first-order valence-corrected chi connectivity index (χ1v) is 5.44. The molecule has 2 aromatic heterocycles. The van der Waals surface area contributed by atoms with Gasteiger partial charge in [-0.3, -0.25) is 0 Å². The molecule has 1 atom stereocenters. The number of hydrogen-bond donors (Lipinski definition) is 1. The van der Waals surface area contributed by atoms with Crippen molar-refractivity contribution < 1.29 is 9.52 Å². The van der Waals surface area contributed by atoms with Crippen LogP contribution in [-0.2, 0) is 6.42 Å². The Labute approximate surface area is 90.8 Å². The third-order valence-electron chi connectivity index (χ3n) is 1.93. The highest BCUT2D eigenvalue weighted by atomic mass is 35.5. The third kappa shape index (κ3) is 2.18. The number of halogens is 1. The average Bonchev–Trinajstić information content (AvgIpc) is 2.75. The number of hydrogen-bond acceptors (Lipinski definition) is 3. The molecule has 0 amide bonds. The summed E-state index contributed by atoms with van der Waals surface area (Å²) in [4.78, 5) is 0.885. The van der Waals surface area contributed by atoms with Gasteiger partial charge in [0.05, 0.1) is 23.7 Å². The van der Waals surface area contributed by atoms with Gasteiger partial charge in [-0.05, 0) is 17.7 Å². The molecular weight excluding hydrogens is 220 g/mol. The second-order valence-corrected chi connectivity index (χ2v) is 4.40. The number of furan rings is 1. The van der Waals surface area contributed by atoms with Crippen LogP contribution in [0.4, 0.5) is 0 Å². The van der Waals surface area contributed by atoms with E-state index in [1.54, 1.807) is 18.6 Å². The predicted molar refractivity (Wildman–Crippen MR) is 56.7 cm³/mol. The van der Waals surface area contributed by atoms with E-state index in [0.717, 1.165) is 10.4 Å². The quantitative estimate of drug-likeness (QED) is 0.875. The van der Waals surface area contributed by atoms with Crippen molar-refractivity contribution in [2.24, 2.45) is 0 Å². The summed E-state index contributed by atoms with van der Waals surface area (Å²) in [6, 6.07) is 3.63. The van der Waals surface area contributed by atoms with Crippen LogP contribution in [0.5, 0.6) is 0 Å². The Bertz CT molecular complexity index is 394. The zero-order valence-corrected chi connectivity index (χ0v) is 8.89. The summed E-state index contributed by atoms with van der Waals surface area (Å²) in [7, 11) is 0. The molecule has 2 heterocycles. The predicted octanol–water partition coefficient (Wildman–Crippen LogP) is 3.27. The zero-order valence-electron chi connectivity index (χ0n) is 7.31. The third-order valence-corrected chi connectivity index (χ3v) is 3.31. The fourth-order valence-electron chi connectivity index (χ4n) is 1.24. The minimum Gasteiger partial charge on any atom is -0.472 e. The highest BCUT2D eigenvalue weighted by molar-refractivity contribution is 7.10. The van der Waals surface area contributed by atoms with Crippen molar-refractivity contribution in [3.63, 3.8) is 0 Å². The molecule has 0 aromatic carbocycles. The largest absolute Gasteiger partial charge is 0.472 e. The van der Waals surface area contributed by atoms with E-state index in [9.17, 15) is 5.11 Å². The van der Waals surface area contributed by atoms with Crippen molar-refractivity contribution in [3.8, 4) is 0 Å². The molecule has 2 rings (SSSR count). The van der Waals surface area contributed by atoms with Crippen molar-refractivity contribution >= 4 is 22.9 Å². The zero-order chi connectivity index (χ0) is 9.97. The van der Waals surface area contributed by atoms with Crippen LogP contribution in [0.3, 0.4) is 0 Å². The SMILES string of the molecule is OC(Cc1ccoc1)c1cc(Cl)cs1. The lowest BCUT2D eigenvalue weighted by Crippen LogP contribution is -1.97. The van der Waals surface area contributed by atoms with Crippen molar-refractivity contribution in [2.75, 3.05) is 0 Å². The minimum absolute atomic E-state index is 0.495. The van der Waals surface area contributed by atoms with Crippen molar-refractivity contribution in [2.45, 2.75) is 12.5 Å². The van der Waals surface area contributed by atoms with Gasteiger partial charge in [-0.2, -0.15) is 0 Å². The van der Waals surface area contributed by atoms with Crippen molar-refractivity contribution in [1.29, 1.82) is 0 Å². The molecule has 1 N–H and O–H groups in total. The van der Waals surface area contributed by atoms with Crippen LogP contribution in [0.25, 0.3) is 0 Å². The van der Waals surface area contributed by atoms with Gasteiger partial charge in [-0.25, -0.2) is 0 Å². The van der Waals surface area contributed by atoms with Gasteiger partial charge in [0.15, 0.2) is 0 Å². The number of rotatable bonds is 3. The molecule has 4 heteroatoms. The Kier molecular flexibility index (Phi) is 2.91. The van der Waals surface area contributed by atoms with E-state index in [1.807, 2.05) is 11.4 Å². The molecule has 0 bridgehead atoms. The summed E-state index contributed by atoms with van der Waals surface area (Å²) in [6.45, 7) is 0. The Hall–Kier alpha value is -0.770. The van der Waals surface area contributed by atoms with Gasteiger partial charge in [-0.1, -0.05) is 11.6 Å². The van der Waals surface area contributed by atoms with Crippen LogP contribution < -0.4 is 0 Å². The fraction of sp³-hybridized carbons (Fsp3) is 0.200. The summed E-state index contributed by atoms with van der Waals surface area (Å²) < 4.78 is 4.92. The second-order valence-electron chi connectivity index (χ2n) is 3.02.